The Hall–Kier alpha value is -3.81. The molecule has 8 heteroatoms. The maximum absolute atomic E-state index is 14.9. The van der Waals surface area contributed by atoms with Crippen LogP contribution < -0.4 is 4.90 Å². The van der Waals surface area contributed by atoms with E-state index in [1.807, 2.05) is 31.2 Å². The van der Waals surface area contributed by atoms with Crippen molar-refractivity contribution in [2.75, 3.05) is 18.0 Å². The third-order valence-corrected chi connectivity index (χ3v) is 6.82. The molecule has 188 valence electrons. The van der Waals surface area contributed by atoms with Gasteiger partial charge < -0.3 is 15.2 Å². The predicted octanol–water partition coefficient (Wildman–Crippen LogP) is 5.76. The zero-order valence-electron chi connectivity index (χ0n) is 20.1. The van der Waals surface area contributed by atoms with Gasteiger partial charge in [0, 0.05) is 61.1 Å². The normalized spacial score (nSPS) is 15.6. The van der Waals surface area contributed by atoms with Gasteiger partial charge in [0.25, 0.3) is 0 Å². The van der Waals surface area contributed by atoms with Crippen LogP contribution in [0.2, 0.25) is 0 Å². The Morgan fingerprint density at radius 2 is 1.83 bits per heavy atom. The van der Waals surface area contributed by atoms with Crippen molar-refractivity contribution >= 4 is 17.4 Å². The summed E-state index contributed by atoms with van der Waals surface area (Å²) in [6, 6.07) is 14.8. The summed E-state index contributed by atoms with van der Waals surface area (Å²) in [6.45, 7) is 3.38. The van der Waals surface area contributed by atoms with Gasteiger partial charge in [-0.2, -0.15) is 0 Å². The van der Waals surface area contributed by atoms with Crippen LogP contribution in [0.15, 0.2) is 65.9 Å². The lowest BCUT2D eigenvalue weighted by atomic mass is 9.85. The summed E-state index contributed by atoms with van der Waals surface area (Å²) in [7, 11) is 0. The Morgan fingerprint density at radius 3 is 2.44 bits per heavy atom. The third-order valence-electron chi connectivity index (χ3n) is 6.82. The predicted molar refractivity (Wildman–Crippen MR) is 134 cm³/mol. The van der Waals surface area contributed by atoms with Gasteiger partial charge in [0.2, 0.25) is 0 Å². The molecule has 0 saturated carbocycles. The van der Waals surface area contributed by atoms with E-state index >= 15 is 0 Å². The highest BCUT2D eigenvalue weighted by molar-refractivity contribution is 6.00. The molecule has 1 fully saturated rings. The lowest BCUT2D eigenvalue weighted by Crippen LogP contribution is -2.34. The minimum absolute atomic E-state index is 0.192. The molecule has 2 aromatic carbocycles. The standard InChI is InChI=1S/C28H29F2N3O3/c1-18-14-21(8-11-31-18)27(32-36)17-25(24-7-4-22(29)16-26(24)30)20-2-5-23(6-3-20)33-12-9-19(10-13-33)15-28(34)35/h2-8,11,14,16,19,25,36H,9-10,12-13,15,17H2,1H3,(H,34,35)/b32-27+/t25-/m0/s1. The number of rotatable bonds is 8. The number of nitrogens with zero attached hydrogens (tertiary/aromatic N) is 3. The quantitative estimate of drug-likeness (QED) is 0.237. The lowest BCUT2D eigenvalue weighted by Gasteiger charge is -2.33. The van der Waals surface area contributed by atoms with Crippen molar-refractivity contribution in [3.8, 4) is 0 Å². The number of aryl methyl sites for hydroxylation is 1. The Labute approximate surface area is 208 Å². The van der Waals surface area contributed by atoms with Crippen LogP contribution in [0.4, 0.5) is 14.5 Å². The second-order valence-electron chi connectivity index (χ2n) is 9.27. The number of aromatic nitrogens is 1. The fourth-order valence-corrected chi connectivity index (χ4v) is 4.89. The van der Waals surface area contributed by atoms with Gasteiger partial charge in [-0.15, -0.1) is 0 Å². The summed E-state index contributed by atoms with van der Waals surface area (Å²) in [6.07, 6.45) is 3.65. The highest BCUT2D eigenvalue weighted by Crippen LogP contribution is 2.34. The topological polar surface area (TPSA) is 86.0 Å². The molecule has 0 radical (unpaired) electrons. The Morgan fingerprint density at radius 1 is 1.11 bits per heavy atom. The first-order valence-electron chi connectivity index (χ1n) is 12.0. The number of halogens is 2. The number of benzene rings is 2. The lowest BCUT2D eigenvalue weighted by molar-refractivity contribution is -0.138. The van der Waals surface area contributed by atoms with E-state index in [0.717, 1.165) is 48.9 Å². The number of hydrogen-bond donors (Lipinski definition) is 2. The molecule has 0 aliphatic carbocycles. The summed E-state index contributed by atoms with van der Waals surface area (Å²) in [5.74, 6) is -2.40. The monoisotopic (exact) mass is 493 g/mol. The van der Waals surface area contributed by atoms with Crippen molar-refractivity contribution in [1.29, 1.82) is 0 Å². The molecule has 36 heavy (non-hydrogen) atoms. The molecule has 0 unspecified atom stereocenters. The smallest absolute Gasteiger partial charge is 0.303 e. The summed E-state index contributed by atoms with van der Waals surface area (Å²) in [4.78, 5) is 17.4. The van der Waals surface area contributed by atoms with Gasteiger partial charge in [0.15, 0.2) is 0 Å². The minimum atomic E-state index is -0.760. The van der Waals surface area contributed by atoms with Crippen molar-refractivity contribution < 1.29 is 23.9 Å². The van der Waals surface area contributed by atoms with E-state index in [1.165, 1.54) is 12.1 Å². The van der Waals surface area contributed by atoms with Crippen LogP contribution in [-0.2, 0) is 4.79 Å². The van der Waals surface area contributed by atoms with Crippen molar-refractivity contribution in [3.63, 3.8) is 0 Å². The molecular formula is C28H29F2N3O3. The van der Waals surface area contributed by atoms with E-state index in [0.29, 0.717) is 16.8 Å². The Balaban J connectivity index is 1.60. The summed E-state index contributed by atoms with van der Waals surface area (Å²) < 4.78 is 28.6. The van der Waals surface area contributed by atoms with E-state index in [1.54, 1.807) is 18.3 Å². The highest BCUT2D eigenvalue weighted by Gasteiger charge is 2.24. The molecular weight excluding hydrogens is 464 g/mol. The summed E-state index contributed by atoms with van der Waals surface area (Å²) in [5.41, 5.74) is 3.93. The van der Waals surface area contributed by atoms with Gasteiger partial charge in [-0.1, -0.05) is 23.4 Å². The first kappa shape index (κ1) is 25.3. The zero-order chi connectivity index (χ0) is 25.7. The molecule has 6 nitrogen and oxygen atoms in total. The number of carbonyl (C=O) groups is 1. The van der Waals surface area contributed by atoms with Crippen LogP contribution in [0.1, 0.15) is 54.0 Å². The van der Waals surface area contributed by atoms with Crippen molar-refractivity contribution in [3.05, 3.63) is 94.8 Å². The van der Waals surface area contributed by atoms with Gasteiger partial charge in [-0.25, -0.2) is 8.78 Å². The number of carboxylic acids is 1. The average molecular weight is 494 g/mol. The molecule has 1 aliphatic rings. The van der Waals surface area contributed by atoms with Crippen molar-refractivity contribution in [1.82, 2.24) is 4.98 Å². The number of anilines is 1. The largest absolute Gasteiger partial charge is 0.481 e. The minimum Gasteiger partial charge on any atom is -0.481 e. The van der Waals surface area contributed by atoms with Crippen LogP contribution in [0.3, 0.4) is 0 Å². The molecule has 4 rings (SSSR count). The summed E-state index contributed by atoms with van der Waals surface area (Å²) >= 11 is 0. The van der Waals surface area contributed by atoms with Gasteiger partial charge in [-0.3, -0.25) is 9.78 Å². The number of piperidine rings is 1. The molecule has 1 atom stereocenters. The molecule has 2 heterocycles. The number of aliphatic carboxylic acids is 1. The first-order valence-corrected chi connectivity index (χ1v) is 12.0. The molecule has 1 saturated heterocycles. The van der Waals surface area contributed by atoms with Crippen LogP contribution in [-0.4, -0.2) is 40.1 Å². The molecule has 0 spiro atoms. The van der Waals surface area contributed by atoms with Crippen molar-refractivity contribution in [2.45, 2.75) is 38.5 Å². The number of carboxylic acid groups (broad SMARTS) is 1. The first-order chi connectivity index (χ1) is 17.3. The second-order valence-corrected chi connectivity index (χ2v) is 9.27. The van der Waals surface area contributed by atoms with Crippen LogP contribution in [0.5, 0.6) is 0 Å². The number of oxime groups is 1. The van der Waals surface area contributed by atoms with E-state index in [4.69, 9.17) is 5.11 Å². The van der Waals surface area contributed by atoms with E-state index in [9.17, 15) is 18.8 Å². The third kappa shape index (κ3) is 6.05. The average Bonchev–Trinajstić information content (AvgIpc) is 2.86. The molecule has 2 N–H and O–H groups in total. The fourth-order valence-electron chi connectivity index (χ4n) is 4.89. The molecule has 1 aromatic heterocycles. The van der Waals surface area contributed by atoms with Crippen molar-refractivity contribution in [2.24, 2.45) is 11.1 Å². The van der Waals surface area contributed by atoms with E-state index in [2.05, 4.69) is 15.0 Å². The van der Waals surface area contributed by atoms with Gasteiger partial charge in [-0.05, 0) is 67.1 Å². The van der Waals surface area contributed by atoms with Crippen LogP contribution >= 0.6 is 0 Å². The fraction of sp³-hybridized carbons (Fsp3) is 0.321. The molecule has 3 aromatic rings. The zero-order valence-corrected chi connectivity index (χ0v) is 20.1. The SMILES string of the molecule is Cc1cc(/C(C[C@@H](c2ccc(N3CCC(CC(=O)O)CC3)cc2)c2ccc(F)cc2F)=N/O)ccn1. The van der Waals surface area contributed by atoms with Crippen LogP contribution in [0.25, 0.3) is 0 Å². The maximum atomic E-state index is 14.9. The van der Waals surface area contributed by atoms with Crippen LogP contribution in [0, 0.1) is 24.5 Å². The number of hydrogen-bond acceptors (Lipinski definition) is 5. The molecule has 0 amide bonds. The van der Waals surface area contributed by atoms with Gasteiger partial charge in [0.05, 0.1) is 5.71 Å². The second kappa shape index (κ2) is 11.3. The molecule has 0 bridgehead atoms. The number of pyridine rings is 1. The van der Waals surface area contributed by atoms with Gasteiger partial charge >= 0.3 is 5.97 Å². The summed E-state index contributed by atoms with van der Waals surface area (Å²) in [5, 5.41) is 22.3. The van der Waals surface area contributed by atoms with Gasteiger partial charge in [0.1, 0.15) is 11.6 Å². The highest BCUT2D eigenvalue weighted by atomic mass is 19.1. The van der Waals surface area contributed by atoms with E-state index in [-0.39, 0.29) is 18.8 Å². The molecule has 1 aliphatic heterocycles. The Kier molecular flexibility index (Phi) is 7.93. The Bertz CT molecular complexity index is 1240. The maximum Gasteiger partial charge on any atom is 0.303 e. The van der Waals surface area contributed by atoms with E-state index < -0.39 is 23.5 Å².